The van der Waals surface area contributed by atoms with E-state index in [2.05, 4.69) is 4.72 Å². The summed E-state index contributed by atoms with van der Waals surface area (Å²) in [6.07, 6.45) is 5.97. The summed E-state index contributed by atoms with van der Waals surface area (Å²) in [6.45, 7) is 6.21. The molecule has 1 spiro atoms. The first-order valence-corrected chi connectivity index (χ1v) is 21.1. The van der Waals surface area contributed by atoms with Crippen LogP contribution in [0.2, 0.25) is 5.02 Å². The second kappa shape index (κ2) is 12.4. The average Bonchev–Trinajstić information content (AvgIpc) is 3.14. The molecular weight excluding hydrogens is 681 g/mol. The Morgan fingerprint density at radius 3 is 2.58 bits per heavy atom. The maximum atomic E-state index is 16.2. The lowest BCUT2D eigenvalue weighted by Crippen LogP contribution is -2.59. The minimum Gasteiger partial charge on any atom is -0.490 e. The number of alkyl halides is 2. The van der Waals surface area contributed by atoms with Crippen molar-refractivity contribution in [2.45, 2.75) is 73.9 Å². The van der Waals surface area contributed by atoms with Crippen molar-refractivity contribution in [3.8, 4) is 5.75 Å². The van der Waals surface area contributed by atoms with Crippen molar-refractivity contribution in [1.29, 1.82) is 0 Å². The standard InChI is InChI=1S/C35H44ClF2N2O6PS/c1-22-7-5-16-34(42,35(37,38)47(3,4)43)29-12-9-25(29)19-40-20-33(15-6-8-24-17-26(36)10-13-28(24)33)21-46-31-14-11-27(18-30(31)40)48(44,45)39-32(41)23(22)2/h5,10-11,13-14,16-18,22-23,25,29,42H,6-9,12,15,19-21H2,1-4H3,(H,39,41)/b16-5+/t22-,23+,25-,29+,33-,34-/m0/s1. The molecular formula is C35H44ClF2N2O6PS. The second-order valence-corrected chi connectivity index (χ2v) is 20.2. The quantitative estimate of drug-likeness (QED) is 0.258. The molecule has 1 fully saturated rings. The molecule has 262 valence electrons. The van der Waals surface area contributed by atoms with Crippen LogP contribution in [0.25, 0.3) is 0 Å². The van der Waals surface area contributed by atoms with Gasteiger partial charge in [-0.3, -0.25) is 4.79 Å². The molecule has 2 aromatic rings. The monoisotopic (exact) mass is 724 g/mol. The number of hydrogen-bond acceptors (Lipinski definition) is 7. The Bertz CT molecular complexity index is 1800. The number of amides is 1. The van der Waals surface area contributed by atoms with Gasteiger partial charge >= 0.3 is 5.66 Å². The van der Waals surface area contributed by atoms with Crippen LogP contribution < -0.4 is 14.4 Å². The van der Waals surface area contributed by atoms with Gasteiger partial charge in [0.05, 0.1) is 17.2 Å². The lowest BCUT2D eigenvalue weighted by atomic mass is 9.64. The number of carbonyl (C=O) groups excluding carboxylic acids is 1. The molecule has 2 heterocycles. The van der Waals surface area contributed by atoms with Gasteiger partial charge in [-0.25, -0.2) is 13.1 Å². The molecule has 2 aliphatic carbocycles. The number of anilines is 1. The number of aryl methyl sites for hydroxylation is 1. The summed E-state index contributed by atoms with van der Waals surface area (Å²) in [5, 5.41) is 12.6. The fourth-order valence-corrected chi connectivity index (χ4v) is 10.4. The van der Waals surface area contributed by atoms with Gasteiger partial charge in [0.2, 0.25) is 5.91 Å². The molecule has 4 aliphatic rings. The van der Waals surface area contributed by atoms with Crippen LogP contribution in [0.4, 0.5) is 14.5 Å². The molecule has 0 radical (unpaired) electrons. The molecule has 6 rings (SSSR count). The predicted molar refractivity (Wildman–Crippen MR) is 183 cm³/mol. The molecule has 2 aromatic carbocycles. The Balaban J connectivity index is 1.50. The maximum absolute atomic E-state index is 16.2. The summed E-state index contributed by atoms with van der Waals surface area (Å²) in [5.74, 6) is -2.90. The molecule has 8 nitrogen and oxygen atoms in total. The Labute approximate surface area is 286 Å². The van der Waals surface area contributed by atoms with Crippen molar-refractivity contribution in [3.05, 3.63) is 64.7 Å². The number of fused-ring (bicyclic) bond motifs is 4. The summed E-state index contributed by atoms with van der Waals surface area (Å²) < 4.78 is 81.3. The molecule has 2 aliphatic heterocycles. The smallest absolute Gasteiger partial charge is 0.329 e. The Morgan fingerprint density at radius 2 is 1.90 bits per heavy atom. The van der Waals surface area contributed by atoms with Gasteiger partial charge < -0.3 is 19.3 Å². The Hall–Kier alpha value is -2.46. The van der Waals surface area contributed by atoms with Gasteiger partial charge in [-0.15, -0.1) is 0 Å². The summed E-state index contributed by atoms with van der Waals surface area (Å²) in [6, 6.07) is 10.3. The topological polar surface area (TPSA) is 113 Å². The lowest BCUT2D eigenvalue weighted by Gasteiger charge is -2.51. The van der Waals surface area contributed by atoms with E-state index in [9.17, 15) is 22.9 Å². The van der Waals surface area contributed by atoms with Crippen molar-refractivity contribution in [2.75, 3.05) is 37.9 Å². The lowest BCUT2D eigenvalue weighted by molar-refractivity contribution is -0.161. The molecule has 0 aromatic heterocycles. The number of halogens is 3. The minimum atomic E-state index is -4.26. The Morgan fingerprint density at radius 1 is 1.15 bits per heavy atom. The predicted octanol–water partition coefficient (Wildman–Crippen LogP) is 6.82. The number of aliphatic hydroxyl groups is 1. The third kappa shape index (κ3) is 6.01. The first kappa shape index (κ1) is 35.4. The number of allylic oxidation sites excluding steroid dienone is 1. The van der Waals surface area contributed by atoms with Crippen LogP contribution in [0.1, 0.15) is 57.1 Å². The largest absolute Gasteiger partial charge is 0.490 e. The zero-order chi connectivity index (χ0) is 34.9. The third-order valence-electron chi connectivity index (χ3n) is 11.3. The zero-order valence-corrected chi connectivity index (χ0v) is 30.2. The molecule has 2 N–H and O–H groups in total. The van der Waals surface area contributed by atoms with E-state index in [1.165, 1.54) is 18.2 Å². The van der Waals surface area contributed by atoms with Crippen LogP contribution in [0, 0.1) is 23.7 Å². The number of rotatable bonds is 2. The number of hydrogen-bond donors (Lipinski definition) is 2. The summed E-state index contributed by atoms with van der Waals surface area (Å²) in [5.41, 5.74) is -4.48. The maximum Gasteiger partial charge on any atom is 0.329 e. The van der Waals surface area contributed by atoms with Gasteiger partial charge in [-0.05, 0) is 105 Å². The zero-order valence-electron chi connectivity index (χ0n) is 27.7. The summed E-state index contributed by atoms with van der Waals surface area (Å²) in [7, 11) is -8.41. The number of carbonyl (C=O) groups is 1. The van der Waals surface area contributed by atoms with Gasteiger partial charge in [0, 0.05) is 35.4 Å². The highest BCUT2D eigenvalue weighted by molar-refractivity contribution is 7.90. The van der Waals surface area contributed by atoms with Crippen LogP contribution in [-0.2, 0) is 31.2 Å². The van der Waals surface area contributed by atoms with E-state index in [-0.39, 0.29) is 17.9 Å². The normalized spacial score (nSPS) is 32.9. The second-order valence-electron chi connectivity index (χ2n) is 14.8. The van der Waals surface area contributed by atoms with E-state index in [1.54, 1.807) is 19.9 Å². The molecule has 6 atom stereocenters. The number of ether oxygens (including phenoxy) is 1. The van der Waals surface area contributed by atoms with Crippen molar-refractivity contribution in [2.24, 2.45) is 23.7 Å². The molecule has 1 amide bonds. The number of nitrogens with zero attached hydrogens (tertiary/aromatic N) is 1. The molecule has 2 bridgehead atoms. The summed E-state index contributed by atoms with van der Waals surface area (Å²) in [4.78, 5) is 15.1. The van der Waals surface area contributed by atoms with Gasteiger partial charge in [0.25, 0.3) is 10.0 Å². The van der Waals surface area contributed by atoms with Gasteiger partial charge in [0.1, 0.15) is 5.75 Å². The first-order chi connectivity index (χ1) is 22.4. The van der Waals surface area contributed by atoms with Crippen LogP contribution in [0.15, 0.2) is 53.4 Å². The van der Waals surface area contributed by atoms with Crippen LogP contribution in [-0.4, -0.2) is 63.7 Å². The number of nitrogens with one attached hydrogen (secondary N) is 1. The number of benzene rings is 2. The van der Waals surface area contributed by atoms with Crippen molar-refractivity contribution >= 4 is 40.4 Å². The van der Waals surface area contributed by atoms with Gasteiger partial charge in [0.15, 0.2) is 12.7 Å². The van der Waals surface area contributed by atoms with Crippen molar-refractivity contribution < 1.29 is 36.4 Å². The van der Waals surface area contributed by atoms with Crippen LogP contribution >= 0.6 is 18.7 Å². The van der Waals surface area contributed by atoms with Crippen molar-refractivity contribution in [1.82, 2.24) is 4.72 Å². The molecule has 0 saturated heterocycles. The van der Waals surface area contributed by atoms with E-state index in [0.717, 1.165) is 49.8 Å². The van der Waals surface area contributed by atoms with Gasteiger partial charge in [-0.1, -0.05) is 43.7 Å². The minimum absolute atomic E-state index is 0.118. The fourth-order valence-electron chi connectivity index (χ4n) is 8.00. The molecule has 48 heavy (non-hydrogen) atoms. The molecule has 0 unspecified atom stereocenters. The van der Waals surface area contributed by atoms with E-state index in [1.807, 2.05) is 23.1 Å². The average molecular weight is 725 g/mol. The first-order valence-electron chi connectivity index (χ1n) is 16.6. The molecule has 1 saturated carbocycles. The van der Waals surface area contributed by atoms with Crippen LogP contribution in [0.3, 0.4) is 0 Å². The SMILES string of the molecule is C[C@H]1C/C=C/[C@@](O)(C(F)(F)P(C)(C)=O)[C@@H]2CC[C@H]2CN2C[C@@]3(CCCc4cc(Cl)ccc43)COc3ccc(cc32)S(=O)(=O)NC(=O)[C@@H]1C. The summed E-state index contributed by atoms with van der Waals surface area (Å²) >= 11 is 6.38. The molecule has 13 heteroatoms. The highest BCUT2D eigenvalue weighted by atomic mass is 35.5. The van der Waals surface area contributed by atoms with E-state index < -0.39 is 63.4 Å². The van der Waals surface area contributed by atoms with Crippen molar-refractivity contribution in [3.63, 3.8) is 0 Å². The van der Waals surface area contributed by atoms with E-state index >= 15 is 8.78 Å². The fraction of sp³-hybridized carbons (Fsp3) is 0.571. The van der Waals surface area contributed by atoms with Crippen LogP contribution in [0.5, 0.6) is 5.75 Å². The van der Waals surface area contributed by atoms with E-state index in [0.29, 0.717) is 42.5 Å². The third-order valence-corrected chi connectivity index (χ3v) is 14.6. The Kier molecular flexibility index (Phi) is 9.13. The van der Waals surface area contributed by atoms with E-state index in [4.69, 9.17) is 16.3 Å². The highest BCUT2D eigenvalue weighted by Gasteiger charge is 2.65. The highest BCUT2D eigenvalue weighted by Crippen LogP contribution is 2.64. The number of sulfonamides is 1. The van der Waals surface area contributed by atoms with Gasteiger partial charge in [-0.2, -0.15) is 8.78 Å².